The van der Waals surface area contributed by atoms with Crippen molar-refractivity contribution in [3.63, 3.8) is 0 Å². The van der Waals surface area contributed by atoms with Crippen molar-refractivity contribution in [1.82, 2.24) is 4.90 Å². The lowest BCUT2D eigenvalue weighted by Gasteiger charge is -2.42. The van der Waals surface area contributed by atoms with E-state index in [1.807, 2.05) is 49.4 Å². The Morgan fingerprint density at radius 2 is 1.59 bits per heavy atom. The van der Waals surface area contributed by atoms with Crippen molar-refractivity contribution >= 4 is 39.6 Å². The molecule has 1 atom stereocenters. The SMILES string of the molecule is CC(C)(C)C1=NC(C)(C(C)(C)C)N(C(=O)c2ccc3ccccc3c2)C1=S. The minimum absolute atomic E-state index is 0.0915. The second-order valence-electron chi connectivity index (χ2n) is 9.49. The van der Waals surface area contributed by atoms with Gasteiger partial charge in [-0.3, -0.25) is 14.7 Å². The van der Waals surface area contributed by atoms with Crippen LogP contribution in [-0.2, 0) is 0 Å². The van der Waals surface area contributed by atoms with E-state index in [4.69, 9.17) is 17.2 Å². The Morgan fingerprint density at radius 1 is 1.00 bits per heavy atom. The molecule has 1 amide bonds. The summed E-state index contributed by atoms with van der Waals surface area (Å²) in [5.41, 5.74) is 0.245. The third-order valence-electron chi connectivity index (χ3n) is 5.50. The molecule has 0 bridgehead atoms. The number of hydrogen-bond donors (Lipinski definition) is 0. The van der Waals surface area contributed by atoms with Gasteiger partial charge in [-0.15, -0.1) is 0 Å². The molecule has 0 saturated carbocycles. The fraction of sp³-hybridized carbons (Fsp3) is 0.435. The monoisotopic (exact) mass is 380 g/mol. The summed E-state index contributed by atoms with van der Waals surface area (Å²) in [7, 11) is 0. The van der Waals surface area contributed by atoms with Crippen molar-refractivity contribution in [3.05, 3.63) is 48.0 Å². The van der Waals surface area contributed by atoms with E-state index in [2.05, 4.69) is 41.5 Å². The number of carbonyl (C=O) groups is 1. The highest BCUT2D eigenvalue weighted by Crippen LogP contribution is 2.44. The van der Waals surface area contributed by atoms with Crippen LogP contribution < -0.4 is 0 Å². The van der Waals surface area contributed by atoms with E-state index in [0.717, 1.165) is 16.5 Å². The highest BCUT2D eigenvalue weighted by Gasteiger charge is 2.53. The van der Waals surface area contributed by atoms with Gasteiger partial charge in [-0.1, -0.05) is 84.1 Å². The second kappa shape index (κ2) is 6.23. The summed E-state index contributed by atoms with van der Waals surface area (Å²) in [5, 5.41) is 2.16. The number of benzene rings is 2. The Bertz CT molecular complexity index is 962. The van der Waals surface area contributed by atoms with Crippen molar-refractivity contribution in [3.8, 4) is 0 Å². The normalized spacial score (nSPS) is 20.9. The van der Waals surface area contributed by atoms with Gasteiger partial charge in [0, 0.05) is 16.4 Å². The van der Waals surface area contributed by atoms with Gasteiger partial charge in [-0.2, -0.15) is 0 Å². The van der Waals surface area contributed by atoms with E-state index in [9.17, 15) is 4.79 Å². The molecule has 0 saturated heterocycles. The maximum absolute atomic E-state index is 13.6. The number of hydrogen-bond acceptors (Lipinski definition) is 3. The van der Waals surface area contributed by atoms with Crippen LogP contribution in [0.3, 0.4) is 0 Å². The van der Waals surface area contributed by atoms with E-state index in [1.165, 1.54) is 0 Å². The molecule has 0 radical (unpaired) electrons. The maximum atomic E-state index is 13.6. The van der Waals surface area contributed by atoms with Crippen LogP contribution in [-0.4, -0.2) is 27.2 Å². The van der Waals surface area contributed by atoms with E-state index < -0.39 is 5.66 Å². The lowest BCUT2D eigenvalue weighted by Crippen LogP contribution is -2.55. The first-order chi connectivity index (χ1) is 12.4. The number of nitrogens with zero attached hydrogens (tertiary/aromatic N) is 2. The smallest absolute Gasteiger partial charge is 0.260 e. The van der Waals surface area contributed by atoms with Crippen LogP contribution in [0, 0.1) is 10.8 Å². The van der Waals surface area contributed by atoms with Gasteiger partial charge in [0.2, 0.25) is 0 Å². The predicted molar refractivity (Wildman–Crippen MR) is 117 cm³/mol. The maximum Gasteiger partial charge on any atom is 0.260 e. The molecule has 142 valence electrons. The van der Waals surface area contributed by atoms with Crippen LogP contribution >= 0.6 is 12.2 Å². The van der Waals surface area contributed by atoms with Gasteiger partial charge in [0.1, 0.15) is 10.7 Å². The number of carbonyl (C=O) groups excluding carboxylic acids is 1. The highest BCUT2D eigenvalue weighted by molar-refractivity contribution is 7.82. The second-order valence-corrected chi connectivity index (χ2v) is 9.88. The third-order valence-corrected chi connectivity index (χ3v) is 5.88. The molecule has 1 heterocycles. The quantitative estimate of drug-likeness (QED) is 0.579. The molecule has 2 aromatic carbocycles. The molecule has 3 nitrogen and oxygen atoms in total. The lowest BCUT2D eigenvalue weighted by molar-refractivity contribution is 0.0496. The molecule has 0 aromatic heterocycles. The van der Waals surface area contributed by atoms with E-state index in [1.54, 1.807) is 4.90 Å². The van der Waals surface area contributed by atoms with E-state index in [0.29, 0.717) is 10.6 Å². The first-order valence-corrected chi connectivity index (χ1v) is 9.75. The molecular formula is C23H28N2OS. The minimum Gasteiger partial charge on any atom is -0.271 e. The third kappa shape index (κ3) is 3.20. The number of fused-ring (bicyclic) bond motifs is 1. The predicted octanol–water partition coefficient (Wildman–Crippen LogP) is 5.87. The highest BCUT2D eigenvalue weighted by atomic mass is 32.1. The molecule has 3 rings (SSSR count). The molecule has 2 aromatic rings. The van der Waals surface area contributed by atoms with Crippen molar-refractivity contribution in [2.45, 2.75) is 54.1 Å². The van der Waals surface area contributed by atoms with Crippen LogP contribution in [0.15, 0.2) is 47.5 Å². The topological polar surface area (TPSA) is 32.7 Å². The van der Waals surface area contributed by atoms with Gasteiger partial charge < -0.3 is 0 Å². The molecule has 27 heavy (non-hydrogen) atoms. The van der Waals surface area contributed by atoms with Crippen molar-refractivity contribution in [2.24, 2.45) is 15.8 Å². The summed E-state index contributed by atoms with van der Waals surface area (Å²) in [6.07, 6.45) is 0. The largest absolute Gasteiger partial charge is 0.271 e. The van der Waals surface area contributed by atoms with Crippen LogP contribution in [0.5, 0.6) is 0 Å². The molecule has 1 aliphatic heterocycles. The van der Waals surface area contributed by atoms with Gasteiger partial charge in [0.15, 0.2) is 0 Å². The van der Waals surface area contributed by atoms with Gasteiger partial charge in [-0.25, -0.2) is 0 Å². The van der Waals surface area contributed by atoms with E-state index >= 15 is 0 Å². The molecule has 4 heteroatoms. The van der Waals surface area contributed by atoms with Gasteiger partial charge in [-0.05, 0) is 29.8 Å². The zero-order chi connectivity index (χ0) is 20.2. The fourth-order valence-corrected chi connectivity index (χ4v) is 3.96. The molecule has 1 aliphatic rings. The fourth-order valence-electron chi connectivity index (χ4n) is 3.35. The zero-order valence-corrected chi connectivity index (χ0v) is 18.1. The van der Waals surface area contributed by atoms with Crippen molar-refractivity contribution < 1.29 is 4.79 Å². The number of amides is 1. The number of rotatable bonds is 1. The summed E-state index contributed by atoms with van der Waals surface area (Å²) < 4.78 is 0. The molecular weight excluding hydrogens is 352 g/mol. The summed E-state index contributed by atoms with van der Waals surface area (Å²) in [6, 6.07) is 13.9. The number of thiocarbonyl (C=S) groups is 1. The first-order valence-electron chi connectivity index (χ1n) is 9.34. The Balaban J connectivity index is 2.12. The van der Waals surface area contributed by atoms with Gasteiger partial charge >= 0.3 is 0 Å². The first kappa shape index (κ1) is 19.7. The molecule has 0 fully saturated rings. The summed E-state index contributed by atoms with van der Waals surface area (Å²) in [4.78, 5) is 20.9. The summed E-state index contributed by atoms with van der Waals surface area (Å²) in [6.45, 7) is 14.6. The van der Waals surface area contributed by atoms with Crippen LogP contribution in [0.4, 0.5) is 0 Å². The molecule has 0 N–H and O–H groups in total. The zero-order valence-electron chi connectivity index (χ0n) is 17.3. The summed E-state index contributed by atoms with van der Waals surface area (Å²) in [5.74, 6) is -0.0915. The average Bonchev–Trinajstić information content (AvgIpc) is 2.86. The lowest BCUT2D eigenvalue weighted by atomic mass is 9.81. The minimum atomic E-state index is -0.727. The number of aliphatic imine (C=N–C) groups is 1. The van der Waals surface area contributed by atoms with Crippen LogP contribution in [0.2, 0.25) is 0 Å². The average molecular weight is 381 g/mol. The molecule has 1 unspecified atom stereocenters. The summed E-state index contributed by atoms with van der Waals surface area (Å²) >= 11 is 5.77. The van der Waals surface area contributed by atoms with E-state index in [-0.39, 0.29) is 16.7 Å². The van der Waals surface area contributed by atoms with Crippen LogP contribution in [0.1, 0.15) is 58.8 Å². The van der Waals surface area contributed by atoms with Gasteiger partial charge in [0.05, 0.1) is 5.71 Å². The Kier molecular flexibility index (Phi) is 4.54. The Labute approximate surface area is 167 Å². The molecule has 0 aliphatic carbocycles. The molecule has 0 spiro atoms. The van der Waals surface area contributed by atoms with Crippen molar-refractivity contribution in [1.29, 1.82) is 0 Å². The van der Waals surface area contributed by atoms with Crippen LogP contribution in [0.25, 0.3) is 10.8 Å². The van der Waals surface area contributed by atoms with Crippen molar-refractivity contribution in [2.75, 3.05) is 0 Å². The Morgan fingerprint density at radius 3 is 2.15 bits per heavy atom. The van der Waals surface area contributed by atoms with Gasteiger partial charge in [0.25, 0.3) is 5.91 Å². The standard InChI is InChI=1S/C23H28N2OS/c1-21(2,3)18-20(27)25(23(7,24-18)22(4,5)6)19(26)17-13-12-15-10-8-9-11-16(15)14-17/h8-14H,1-7H3. The Hall–Kier alpha value is -2.07.